The van der Waals surface area contributed by atoms with E-state index in [0.717, 1.165) is 19.3 Å². The molecule has 2 heterocycles. The van der Waals surface area contributed by atoms with Crippen LogP contribution in [0.5, 0.6) is 0 Å². The van der Waals surface area contributed by atoms with Gasteiger partial charge in [0, 0.05) is 13.2 Å². The lowest BCUT2D eigenvalue weighted by atomic mass is 9.82. The molecular weight excluding hydrogens is 276 g/mol. The number of carbonyl (C=O) groups is 1. The molecule has 2 fully saturated rings. The molecule has 0 radical (unpaired) electrons. The summed E-state index contributed by atoms with van der Waals surface area (Å²) in [7, 11) is 1.83. The maximum atomic E-state index is 12.3. The molecule has 1 aromatic heterocycles. The molecule has 1 spiro atoms. The second kappa shape index (κ2) is 5.41. The minimum Gasteiger partial charge on any atom is -0.373 e. The Labute approximate surface area is 124 Å². The first-order chi connectivity index (χ1) is 9.58. The Morgan fingerprint density at radius 2 is 2.20 bits per heavy atom. The summed E-state index contributed by atoms with van der Waals surface area (Å²) >= 11 is 5.92. The predicted molar refractivity (Wildman–Crippen MR) is 78.1 cm³/mol. The molecular formula is C15H21ClN2O2. The standard InChI is InChI=1S/C15H21ClN2O2/c1-18-9-11(16)7-13(18)14(19)17-12-8-15(20-10-12)5-3-2-4-6-15/h7,9,12H,2-6,8,10H2,1H3,(H,17,19)/t12-/m0/s1. The summed E-state index contributed by atoms with van der Waals surface area (Å²) in [4.78, 5) is 12.3. The van der Waals surface area contributed by atoms with Crippen molar-refractivity contribution in [1.82, 2.24) is 9.88 Å². The minimum absolute atomic E-state index is 0.0298. The fraction of sp³-hybridized carbons (Fsp3) is 0.667. The number of amides is 1. The zero-order valence-corrected chi connectivity index (χ0v) is 12.6. The Kier molecular flexibility index (Phi) is 3.78. The van der Waals surface area contributed by atoms with Gasteiger partial charge in [-0.3, -0.25) is 4.79 Å². The Hall–Kier alpha value is -1.00. The van der Waals surface area contributed by atoms with Crippen molar-refractivity contribution in [1.29, 1.82) is 0 Å². The van der Waals surface area contributed by atoms with Gasteiger partial charge in [0.25, 0.3) is 5.91 Å². The van der Waals surface area contributed by atoms with Crippen LogP contribution in [0.15, 0.2) is 12.3 Å². The van der Waals surface area contributed by atoms with Crippen LogP contribution in [0.2, 0.25) is 5.02 Å². The van der Waals surface area contributed by atoms with Gasteiger partial charge >= 0.3 is 0 Å². The number of nitrogens with zero attached hydrogens (tertiary/aromatic N) is 1. The van der Waals surface area contributed by atoms with E-state index in [1.54, 1.807) is 16.8 Å². The van der Waals surface area contributed by atoms with Crippen LogP contribution in [0.25, 0.3) is 0 Å². The van der Waals surface area contributed by atoms with Gasteiger partial charge in [0.2, 0.25) is 0 Å². The maximum absolute atomic E-state index is 12.3. The van der Waals surface area contributed by atoms with Gasteiger partial charge in [-0.05, 0) is 25.3 Å². The van der Waals surface area contributed by atoms with Gasteiger partial charge in [-0.15, -0.1) is 0 Å². The Balaban J connectivity index is 1.61. The predicted octanol–water partition coefficient (Wildman–Crippen LogP) is 2.90. The molecule has 20 heavy (non-hydrogen) atoms. The highest BCUT2D eigenvalue weighted by Gasteiger charge is 2.41. The maximum Gasteiger partial charge on any atom is 0.268 e. The lowest BCUT2D eigenvalue weighted by molar-refractivity contribution is -0.0246. The number of hydrogen-bond acceptors (Lipinski definition) is 2. The molecule has 1 saturated carbocycles. The van der Waals surface area contributed by atoms with Crippen LogP contribution in [0, 0.1) is 0 Å². The molecule has 1 atom stereocenters. The van der Waals surface area contributed by atoms with E-state index in [9.17, 15) is 4.79 Å². The number of rotatable bonds is 2. The third-order valence-corrected chi connectivity index (χ3v) is 4.72. The van der Waals surface area contributed by atoms with Crippen LogP contribution in [0.3, 0.4) is 0 Å². The van der Waals surface area contributed by atoms with Gasteiger partial charge in [0.15, 0.2) is 0 Å². The average Bonchev–Trinajstić information content (AvgIpc) is 2.94. The molecule has 1 aromatic rings. The topological polar surface area (TPSA) is 43.3 Å². The first-order valence-electron chi connectivity index (χ1n) is 7.35. The van der Waals surface area contributed by atoms with Crippen molar-refractivity contribution in [3.05, 3.63) is 23.0 Å². The van der Waals surface area contributed by atoms with E-state index >= 15 is 0 Å². The van der Waals surface area contributed by atoms with E-state index in [0.29, 0.717) is 17.3 Å². The van der Waals surface area contributed by atoms with Gasteiger partial charge in [-0.2, -0.15) is 0 Å². The van der Waals surface area contributed by atoms with Crippen molar-refractivity contribution in [2.24, 2.45) is 7.05 Å². The van der Waals surface area contributed by atoms with Gasteiger partial charge < -0.3 is 14.6 Å². The summed E-state index contributed by atoms with van der Waals surface area (Å²) in [6.07, 6.45) is 8.75. The SMILES string of the molecule is Cn1cc(Cl)cc1C(=O)N[C@@H]1COC2(CCCCC2)C1. The van der Waals surface area contributed by atoms with E-state index in [2.05, 4.69) is 5.32 Å². The number of aromatic nitrogens is 1. The van der Waals surface area contributed by atoms with Crippen molar-refractivity contribution in [2.45, 2.75) is 50.2 Å². The molecule has 1 N–H and O–H groups in total. The Bertz CT molecular complexity index is 506. The zero-order chi connectivity index (χ0) is 14.2. The number of halogens is 1. The van der Waals surface area contributed by atoms with Gasteiger partial charge in [0.05, 0.1) is 23.3 Å². The normalized spacial score (nSPS) is 25.0. The van der Waals surface area contributed by atoms with Crippen LogP contribution in [-0.2, 0) is 11.8 Å². The monoisotopic (exact) mass is 296 g/mol. The van der Waals surface area contributed by atoms with Crippen LogP contribution in [0.4, 0.5) is 0 Å². The molecule has 0 unspecified atom stereocenters. The molecule has 0 aromatic carbocycles. The molecule has 4 nitrogen and oxygen atoms in total. The minimum atomic E-state index is -0.0686. The lowest BCUT2D eigenvalue weighted by Crippen LogP contribution is -2.38. The molecule has 0 bridgehead atoms. The highest BCUT2D eigenvalue weighted by atomic mass is 35.5. The van der Waals surface area contributed by atoms with Crippen LogP contribution in [-0.4, -0.2) is 28.7 Å². The van der Waals surface area contributed by atoms with E-state index in [4.69, 9.17) is 16.3 Å². The number of ether oxygens (including phenoxy) is 1. The van der Waals surface area contributed by atoms with E-state index < -0.39 is 0 Å². The number of hydrogen-bond donors (Lipinski definition) is 1. The van der Waals surface area contributed by atoms with Crippen LogP contribution < -0.4 is 5.32 Å². The first kappa shape index (κ1) is 14.0. The summed E-state index contributed by atoms with van der Waals surface area (Å²) in [5.74, 6) is -0.0686. The smallest absolute Gasteiger partial charge is 0.268 e. The summed E-state index contributed by atoms with van der Waals surface area (Å²) in [6.45, 7) is 0.629. The summed E-state index contributed by atoms with van der Waals surface area (Å²) < 4.78 is 7.77. The fourth-order valence-electron chi connectivity index (χ4n) is 3.49. The van der Waals surface area contributed by atoms with E-state index in [1.807, 2.05) is 7.05 Å². The number of nitrogens with one attached hydrogen (secondary N) is 1. The molecule has 2 aliphatic rings. The van der Waals surface area contributed by atoms with Crippen LogP contribution >= 0.6 is 11.6 Å². The highest BCUT2D eigenvalue weighted by molar-refractivity contribution is 6.31. The second-order valence-electron chi connectivity index (χ2n) is 6.08. The molecule has 110 valence electrons. The summed E-state index contributed by atoms with van der Waals surface area (Å²) in [6, 6.07) is 1.82. The fourth-order valence-corrected chi connectivity index (χ4v) is 3.74. The summed E-state index contributed by atoms with van der Waals surface area (Å²) in [5, 5.41) is 3.66. The van der Waals surface area contributed by atoms with Crippen LogP contribution in [0.1, 0.15) is 49.0 Å². The number of aryl methyl sites for hydroxylation is 1. The molecule has 1 saturated heterocycles. The largest absolute Gasteiger partial charge is 0.373 e. The first-order valence-corrected chi connectivity index (χ1v) is 7.72. The van der Waals surface area contributed by atoms with Crippen molar-refractivity contribution in [3.8, 4) is 0 Å². The molecule has 1 aliphatic carbocycles. The Morgan fingerprint density at radius 3 is 2.85 bits per heavy atom. The molecule has 1 amide bonds. The van der Waals surface area contributed by atoms with Gasteiger partial charge in [-0.25, -0.2) is 0 Å². The van der Waals surface area contributed by atoms with Crippen molar-refractivity contribution in [2.75, 3.05) is 6.61 Å². The molecule has 3 rings (SSSR count). The number of carbonyl (C=O) groups excluding carboxylic acids is 1. The highest BCUT2D eigenvalue weighted by Crippen LogP contribution is 2.39. The average molecular weight is 297 g/mol. The quantitative estimate of drug-likeness (QED) is 0.912. The molecule has 1 aliphatic heterocycles. The van der Waals surface area contributed by atoms with Gasteiger partial charge in [-0.1, -0.05) is 30.9 Å². The zero-order valence-electron chi connectivity index (χ0n) is 11.8. The third-order valence-electron chi connectivity index (χ3n) is 4.51. The van der Waals surface area contributed by atoms with Crippen molar-refractivity contribution >= 4 is 17.5 Å². The third kappa shape index (κ3) is 2.72. The molecule has 5 heteroatoms. The van der Waals surface area contributed by atoms with E-state index in [-0.39, 0.29) is 17.6 Å². The van der Waals surface area contributed by atoms with Crippen molar-refractivity contribution < 1.29 is 9.53 Å². The van der Waals surface area contributed by atoms with Gasteiger partial charge in [0.1, 0.15) is 5.69 Å². The lowest BCUT2D eigenvalue weighted by Gasteiger charge is -2.32. The van der Waals surface area contributed by atoms with Crippen molar-refractivity contribution in [3.63, 3.8) is 0 Å². The van der Waals surface area contributed by atoms with E-state index in [1.165, 1.54) is 19.3 Å². The summed E-state index contributed by atoms with van der Waals surface area (Å²) in [5.41, 5.74) is 0.627. The second-order valence-corrected chi connectivity index (χ2v) is 6.52. The Morgan fingerprint density at radius 1 is 1.45 bits per heavy atom.